The molecular formula is C43H48FN11O12P2SSi. The van der Waals surface area contributed by atoms with Crippen LogP contribution in [0.3, 0.4) is 0 Å². The highest BCUT2D eigenvalue weighted by Gasteiger charge is 2.56. The molecule has 2 unspecified atom stereocenters. The molecule has 2 aromatic carbocycles. The summed E-state index contributed by atoms with van der Waals surface area (Å²) in [5.74, 6) is -0.825. The third-order valence-electron chi connectivity index (χ3n) is 12.4. The quantitative estimate of drug-likeness (QED) is 0.0686. The van der Waals surface area contributed by atoms with Gasteiger partial charge >= 0.3 is 14.5 Å². The molecule has 71 heavy (non-hydrogen) atoms. The fourth-order valence-corrected chi connectivity index (χ4v) is 12.1. The van der Waals surface area contributed by atoms with E-state index in [4.69, 9.17) is 48.3 Å². The van der Waals surface area contributed by atoms with Crippen LogP contribution in [0.4, 0.5) is 16.0 Å². The first kappa shape index (κ1) is 50.6. The average Bonchev–Trinajstić information content (AvgIpc) is 4.12. The van der Waals surface area contributed by atoms with Crippen molar-refractivity contribution in [3.05, 3.63) is 97.1 Å². The van der Waals surface area contributed by atoms with Crippen LogP contribution in [0.1, 0.15) is 60.4 Å². The number of carbonyl (C=O) groups excluding carboxylic acids is 2. The number of hydrogen-bond donors (Lipinski definition) is 3. The summed E-state index contributed by atoms with van der Waals surface area (Å²) >= 11 is 6.09. The van der Waals surface area contributed by atoms with Crippen LogP contribution in [0.2, 0.25) is 18.1 Å². The molecule has 2 amide bonds. The molecule has 23 nitrogen and oxygen atoms in total. The normalized spacial score (nSPS) is 28.3. The second-order valence-corrected chi connectivity index (χ2v) is 27.2. The number of amides is 2. The highest BCUT2D eigenvalue weighted by Crippen LogP contribution is 2.58. The average molecular weight is 1050 g/mol. The number of benzene rings is 2. The lowest BCUT2D eigenvalue weighted by molar-refractivity contribution is -0.0647. The number of phosphoric ester groups is 1. The Morgan fingerprint density at radius 2 is 1.37 bits per heavy atom. The number of rotatable bonds is 11. The van der Waals surface area contributed by atoms with Crippen LogP contribution in [0, 0.1) is 11.3 Å². The Bertz CT molecular complexity index is 3080. The third-order valence-corrected chi connectivity index (χ3v) is 20.2. The first-order valence-electron chi connectivity index (χ1n) is 22.2. The first-order chi connectivity index (χ1) is 33.9. The smallest absolute Gasteiger partial charge is 0.408 e. The Labute approximate surface area is 411 Å². The Morgan fingerprint density at radius 1 is 0.831 bits per heavy atom. The van der Waals surface area contributed by atoms with E-state index in [2.05, 4.69) is 40.5 Å². The molecule has 0 spiro atoms. The van der Waals surface area contributed by atoms with Gasteiger partial charge in [-0.15, -0.1) is 0 Å². The number of hydrogen-bond acceptors (Lipinski definition) is 19. The summed E-state index contributed by atoms with van der Waals surface area (Å²) < 4.78 is 84.2. The molecule has 6 aromatic rings. The predicted octanol–water partition coefficient (Wildman–Crippen LogP) is 6.77. The summed E-state index contributed by atoms with van der Waals surface area (Å²) in [7, 11) is -8.04. The summed E-state index contributed by atoms with van der Waals surface area (Å²) in [4.78, 5) is 63.8. The maximum Gasteiger partial charge on any atom is 0.472 e. The third kappa shape index (κ3) is 10.6. The number of nitriles is 1. The minimum atomic E-state index is -5.23. The van der Waals surface area contributed by atoms with Crippen molar-refractivity contribution in [1.29, 1.82) is 5.26 Å². The van der Waals surface area contributed by atoms with Gasteiger partial charge in [0.25, 0.3) is 11.8 Å². The Kier molecular flexibility index (Phi) is 14.4. The van der Waals surface area contributed by atoms with Crippen LogP contribution in [-0.4, -0.2) is 121 Å². The SMILES string of the molecule is CC(C)(C)[Si](C)(C)O[C@H]1[C@H]2OP(=S)(OCCC#N)OC[C@H]3O[C@@H](n4cnc5c(NC(=O)c6ccccc6)ncnc54)[C@H](F)[C@@H]3OP(=O)(O)OC[C@H]1O[C@H]2n1cnc2c(NC(=O)c3ccccc3)ncnc21. The molecule has 0 radical (unpaired) electrons. The molecule has 374 valence electrons. The highest BCUT2D eigenvalue weighted by molar-refractivity contribution is 8.07. The lowest BCUT2D eigenvalue weighted by Gasteiger charge is -2.41. The molecular weight excluding hydrogens is 1000 g/mol. The fourth-order valence-electron chi connectivity index (χ4n) is 7.78. The molecule has 28 heteroatoms. The summed E-state index contributed by atoms with van der Waals surface area (Å²) in [6, 6.07) is 18.9. The number of phosphoric acid groups is 1. The van der Waals surface area contributed by atoms with Crippen molar-refractivity contribution in [2.45, 2.75) is 94.5 Å². The van der Waals surface area contributed by atoms with Crippen LogP contribution in [0.15, 0.2) is 86.0 Å². The minimum Gasteiger partial charge on any atom is -0.408 e. The van der Waals surface area contributed by atoms with Crippen molar-refractivity contribution in [3.63, 3.8) is 0 Å². The second kappa shape index (κ2) is 20.3. The predicted molar refractivity (Wildman–Crippen MR) is 256 cm³/mol. The van der Waals surface area contributed by atoms with E-state index in [1.807, 2.05) is 39.9 Å². The molecule has 3 saturated heterocycles. The number of aromatic nitrogens is 8. The fraction of sp³-hybridized carbons (Fsp3) is 0.419. The number of imidazole rings is 2. The van der Waals surface area contributed by atoms with Gasteiger partial charge in [0, 0.05) is 11.1 Å². The standard InChI is InChI=1S/C43H48FN11O12P2SSi/c1-43(2,3)71(4,5)67-33-28-19-61-68(58,59)65-32-27(63-41(29(32)44)54-23-50-30-35(46-21-48-37(30)54)52-39(56)25-13-8-6-9-14-25)20-62-69(70,60-18-12-17-45)66-34(33)42(64-28)55-24-51-31-36(47-22-49-38(31)55)53-40(57)26-15-10-7-11-16-26/h6-11,13-16,21-24,27-29,32-34,41-42H,12,18-20H2,1-5H3,(H,58,59)(H,46,48,52,56)(H,47,49,53,57)/t27-,28-,29-,32-,33-,34-,41-,42-,69?/m1/s1. The van der Waals surface area contributed by atoms with Gasteiger partial charge in [0.2, 0.25) is 0 Å². The Balaban J connectivity index is 1.06. The van der Waals surface area contributed by atoms with Crippen molar-refractivity contribution in [1.82, 2.24) is 39.0 Å². The molecule has 3 N–H and O–H groups in total. The number of anilines is 2. The van der Waals surface area contributed by atoms with E-state index in [1.165, 1.54) is 28.1 Å². The number of halogens is 1. The summed E-state index contributed by atoms with van der Waals surface area (Å²) in [6.07, 6.45) is -7.21. The van der Waals surface area contributed by atoms with Gasteiger partial charge in [0.15, 0.2) is 60.9 Å². The molecule has 0 saturated carbocycles. The van der Waals surface area contributed by atoms with Gasteiger partial charge in [-0.1, -0.05) is 57.2 Å². The van der Waals surface area contributed by atoms with Gasteiger partial charge in [-0.25, -0.2) is 38.9 Å². The van der Waals surface area contributed by atoms with Crippen LogP contribution in [-0.2, 0) is 52.9 Å². The largest absolute Gasteiger partial charge is 0.472 e. The van der Waals surface area contributed by atoms with Crippen molar-refractivity contribution in [2.24, 2.45) is 0 Å². The van der Waals surface area contributed by atoms with Gasteiger partial charge in [-0.2, -0.15) is 5.26 Å². The Morgan fingerprint density at radius 3 is 1.92 bits per heavy atom. The van der Waals surface area contributed by atoms with Gasteiger partial charge in [-0.3, -0.25) is 32.3 Å². The zero-order valence-corrected chi connectivity index (χ0v) is 42.3. The molecule has 10 atom stereocenters. The molecule has 9 rings (SSSR count). The monoisotopic (exact) mass is 1050 g/mol. The van der Waals surface area contributed by atoms with Gasteiger partial charge < -0.3 is 38.5 Å². The molecule has 3 aliphatic heterocycles. The van der Waals surface area contributed by atoms with E-state index in [1.54, 1.807) is 60.7 Å². The molecule has 7 heterocycles. The number of alkyl halides is 1. The van der Waals surface area contributed by atoms with Crippen molar-refractivity contribution < 1.29 is 60.0 Å². The van der Waals surface area contributed by atoms with Gasteiger partial charge in [0.1, 0.15) is 43.2 Å². The summed E-state index contributed by atoms with van der Waals surface area (Å²) in [5, 5.41) is 14.6. The molecule has 3 fully saturated rings. The van der Waals surface area contributed by atoms with Gasteiger partial charge in [-0.05, 0) is 54.2 Å². The van der Waals surface area contributed by atoms with Crippen LogP contribution in [0.5, 0.6) is 0 Å². The van der Waals surface area contributed by atoms with E-state index < -0.39 is 102 Å². The second-order valence-electron chi connectivity index (χ2n) is 18.0. The summed E-state index contributed by atoms with van der Waals surface area (Å²) in [5.41, 5.74) is 1.20. The highest BCUT2D eigenvalue weighted by atomic mass is 32.5. The minimum absolute atomic E-state index is 0.0242. The Hall–Kier alpha value is -5.36. The van der Waals surface area contributed by atoms with Gasteiger partial charge in [0.05, 0.1) is 45.0 Å². The van der Waals surface area contributed by atoms with Crippen LogP contribution >= 0.6 is 14.5 Å². The van der Waals surface area contributed by atoms with E-state index in [9.17, 15) is 24.3 Å². The molecule has 4 aromatic heterocycles. The number of nitrogens with zero attached hydrogens (tertiary/aromatic N) is 9. The first-order valence-corrected chi connectivity index (χ1v) is 29.1. The van der Waals surface area contributed by atoms with Crippen molar-refractivity contribution in [2.75, 3.05) is 30.5 Å². The van der Waals surface area contributed by atoms with Crippen molar-refractivity contribution >= 4 is 80.4 Å². The number of fused-ring (bicyclic) bond motifs is 5. The van der Waals surface area contributed by atoms with Crippen molar-refractivity contribution in [3.8, 4) is 6.07 Å². The lowest BCUT2D eigenvalue weighted by atomic mass is 10.1. The van der Waals surface area contributed by atoms with E-state index >= 15 is 4.39 Å². The lowest BCUT2D eigenvalue weighted by Crippen LogP contribution is -2.50. The van der Waals surface area contributed by atoms with Crippen LogP contribution in [0.25, 0.3) is 22.3 Å². The zero-order valence-electron chi connectivity index (χ0n) is 38.7. The maximum absolute atomic E-state index is 17.0. The number of ether oxygens (including phenoxy) is 2. The van der Waals surface area contributed by atoms with Crippen LogP contribution < -0.4 is 10.6 Å². The maximum atomic E-state index is 17.0. The number of carbonyl (C=O) groups is 2. The summed E-state index contributed by atoms with van der Waals surface area (Å²) in [6.45, 7) is 4.31. The molecule has 0 aliphatic carbocycles. The van der Waals surface area contributed by atoms with E-state index in [-0.39, 0.29) is 47.0 Å². The molecule has 3 aliphatic rings. The zero-order chi connectivity index (χ0) is 50.3. The topological polar surface area (TPSA) is 280 Å². The van der Waals surface area contributed by atoms with E-state index in [0.29, 0.717) is 11.1 Å². The molecule has 2 bridgehead atoms. The van der Waals surface area contributed by atoms with E-state index in [0.717, 1.165) is 6.33 Å². The number of nitrogens with one attached hydrogen (secondary N) is 2.